The Hall–Kier alpha value is -1.35. The summed E-state index contributed by atoms with van der Waals surface area (Å²) in [6.07, 6.45) is 1.54. The number of carbonyl (C=O) groups excluding carboxylic acids is 1. The molecule has 3 nitrogen and oxygen atoms in total. The maximum absolute atomic E-state index is 11.5. The Morgan fingerprint density at radius 3 is 2.80 bits per heavy atom. The predicted octanol–water partition coefficient (Wildman–Crippen LogP) is 2.70. The van der Waals surface area contributed by atoms with Crippen LogP contribution in [0.15, 0.2) is 24.3 Å². The molecule has 0 saturated heterocycles. The van der Waals surface area contributed by atoms with Crippen molar-refractivity contribution in [2.45, 2.75) is 19.8 Å². The van der Waals surface area contributed by atoms with E-state index in [4.69, 9.17) is 4.89 Å². The molecule has 0 aliphatic heterocycles. The Morgan fingerprint density at radius 2 is 2.13 bits per heavy atom. The van der Waals surface area contributed by atoms with Gasteiger partial charge < -0.3 is 0 Å². The molecule has 1 aromatic carbocycles. The van der Waals surface area contributed by atoms with E-state index in [1.54, 1.807) is 12.1 Å². The van der Waals surface area contributed by atoms with Gasteiger partial charge in [0, 0.05) is 0 Å². The van der Waals surface area contributed by atoms with E-state index in [-0.39, 0.29) is 0 Å². The van der Waals surface area contributed by atoms with Gasteiger partial charge in [0.1, 0.15) is 0 Å². The van der Waals surface area contributed by atoms with Gasteiger partial charge in [-0.2, -0.15) is 4.89 Å². The number of hydrogen-bond donors (Lipinski definition) is 0. The molecule has 1 rings (SSSR count). The number of unbranched alkanes of at least 4 members (excludes halogenated alkanes) is 1. The van der Waals surface area contributed by atoms with Crippen LogP contribution in [0.25, 0.3) is 0 Å². The molecule has 0 bridgehead atoms. The number of hydrogen-bond acceptors (Lipinski definition) is 3. The summed E-state index contributed by atoms with van der Waals surface area (Å²) < 4.78 is 0. The number of carbonyl (C=O) groups is 1. The summed E-state index contributed by atoms with van der Waals surface area (Å²) in [6.45, 7) is 5.90. The highest BCUT2D eigenvalue weighted by Crippen LogP contribution is 2.08. The molecular formula is C12H15O3. The Morgan fingerprint density at radius 1 is 1.40 bits per heavy atom. The lowest BCUT2D eigenvalue weighted by molar-refractivity contribution is -0.241. The molecule has 81 valence electrons. The van der Waals surface area contributed by atoms with Gasteiger partial charge in [0.25, 0.3) is 0 Å². The van der Waals surface area contributed by atoms with Crippen LogP contribution in [0.2, 0.25) is 0 Å². The maximum atomic E-state index is 11.5. The van der Waals surface area contributed by atoms with E-state index in [1.165, 1.54) is 0 Å². The second kappa shape index (κ2) is 6.19. The summed E-state index contributed by atoms with van der Waals surface area (Å²) in [5, 5.41) is 0. The van der Waals surface area contributed by atoms with Crippen LogP contribution < -0.4 is 0 Å². The van der Waals surface area contributed by atoms with Crippen LogP contribution in [0.5, 0.6) is 0 Å². The topological polar surface area (TPSA) is 35.5 Å². The van der Waals surface area contributed by atoms with Crippen molar-refractivity contribution >= 4 is 5.97 Å². The minimum atomic E-state index is -0.447. The third kappa shape index (κ3) is 3.72. The quantitative estimate of drug-likeness (QED) is 0.423. The fraction of sp³-hybridized carbons (Fsp3) is 0.333. The SMILES string of the molecule is [CH2]CCCOOC(=O)c1ccccc1C. The zero-order valence-electron chi connectivity index (χ0n) is 8.86. The molecular weight excluding hydrogens is 192 g/mol. The third-order valence-corrected chi connectivity index (χ3v) is 1.98. The van der Waals surface area contributed by atoms with Gasteiger partial charge in [-0.05, 0) is 25.0 Å². The van der Waals surface area contributed by atoms with Gasteiger partial charge in [-0.15, -0.1) is 0 Å². The van der Waals surface area contributed by atoms with E-state index in [1.807, 2.05) is 19.1 Å². The third-order valence-electron chi connectivity index (χ3n) is 1.98. The summed E-state index contributed by atoms with van der Waals surface area (Å²) in [4.78, 5) is 20.9. The zero-order chi connectivity index (χ0) is 11.1. The van der Waals surface area contributed by atoms with Crippen molar-refractivity contribution in [2.24, 2.45) is 0 Å². The van der Waals surface area contributed by atoms with Crippen molar-refractivity contribution in [2.75, 3.05) is 6.61 Å². The average molecular weight is 207 g/mol. The average Bonchev–Trinajstić information content (AvgIpc) is 2.25. The number of benzene rings is 1. The van der Waals surface area contributed by atoms with E-state index < -0.39 is 5.97 Å². The van der Waals surface area contributed by atoms with Crippen LogP contribution in [0, 0.1) is 13.8 Å². The smallest absolute Gasteiger partial charge is 0.293 e. The minimum absolute atomic E-state index is 0.390. The maximum Gasteiger partial charge on any atom is 0.373 e. The van der Waals surface area contributed by atoms with Crippen LogP contribution >= 0.6 is 0 Å². The lowest BCUT2D eigenvalue weighted by Crippen LogP contribution is -2.08. The molecule has 1 aromatic rings. The van der Waals surface area contributed by atoms with Crippen molar-refractivity contribution in [3.63, 3.8) is 0 Å². The standard InChI is InChI=1S/C12H15O3/c1-3-4-9-14-15-12(13)11-8-6-5-7-10(11)2/h5-8H,1,3-4,9H2,2H3. The second-order valence-corrected chi connectivity index (χ2v) is 3.21. The van der Waals surface area contributed by atoms with Crippen molar-refractivity contribution in [3.05, 3.63) is 42.3 Å². The van der Waals surface area contributed by atoms with Crippen LogP contribution in [0.1, 0.15) is 28.8 Å². The highest BCUT2D eigenvalue weighted by molar-refractivity contribution is 5.90. The minimum Gasteiger partial charge on any atom is -0.293 e. The van der Waals surface area contributed by atoms with Gasteiger partial charge in [0.15, 0.2) is 0 Å². The first-order valence-corrected chi connectivity index (χ1v) is 4.94. The lowest BCUT2D eigenvalue weighted by Gasteiger charge is -2.04. The molecule has 0 amide bonds. The first kappa shape index (κ1) is 11.7. The van der Waals surface area contributed by atoms with E-state index in [0.29, 0.717) is 12.2 Å². The van der Waals surface area contributed by atoms with Crippen LogP contribution in [-0.4, -0.2) is 12.6 Å². The summed E-state index contributed by atoms with van der Waals surface area (Å²) in [5.41, 5.74) is 1.41. The van der Waals surface area contributed by atoms with E-state index in [9.17, 15) is 4.79 Å². The van der Waals surface area contributed by atoms with Crippen LogP contribution in [0.4, 0.5) is 0 Å². The fourth-order valence-electron chi connectivity index (χ4n) is 1.10. The fourth-order valence-corrected chi connectivity index (χ4v) is 1.10. The molecule has 0 aliphatic carbocycles. The monoisotopic (exact) mass is 207 g/mol. The molecule has 0 unspecified atom stereocenters. The highest BCUT2D eigenvalue weighted by atomic mass is 17.2. The van der Waals surface area contributed by atoms with Crippen LogP contribution in [0.3, 0.4) is 0 Å². The van der Waals surface area contributed by atoms with Gasteiger partial charge >= 0.3 is 5.97 Å². The largest absolute Gasteiger partial charge is 0.373 e. The van der Waals surface area contributed by atoms with Crippen molar-refractivity contribution in [1.29, 1.82) is 0 Å². The lowest BCUT2D eigenvalue weighted by atomic mass is 10.1. The highest BCUT2D eigenvalue weighted by Gasteiger charge is 2.10. The Bertz CT molecular complexity index is 320. The molecule has 0 atom stereocenters. The second-order valence-electron chi connectivity index (χ2n) is 3.21. The molecule has 0 fully saturated rings. The first-order valence-electron chi connectivity index (χ1n) is 4.94. The normalized spacial score (nSPS) is 10.0. The van der Waals surface area contributed by atoms with Crippen molar-refractivity contribution < 1.29 is 14.6 Å². The predicted molar refractivity (Wildman–Crippen MR) is 57.1 cm³/mol. The van der Waals surface area contributed by atoms with E-state index >= 15 is 0 Å². The Balaban J connectivity index is 2.44. The summed E-state index contributed by atoms with van der Waals surface area (Å²) >= 11 is 0. The van der Waals surface area contributed by atoms with Gasteiger partial charge in [0.05, 0.1) is 12.2 Å². The molecule has 0 aromatic heterocycles. The van der Waals surface area contributed by atoms with Crippen LogP contribution in [-0.2, 0) is 9.78 Å². The van der Waals surface area contributed by atoms with E-state index in [2.05, 4.69) is 11.8 Å². The first-order chi connectivity index (χ1) is 7.25. The van der Waals surface area contributed by atoms with Crippen molar-refractivity contribution in [1.82, 2.24) is 0 Å². The van der Waals surface area contributed by atoms with Gasteiger partial charge in [-0.25, -0.2) is 4.79 Å². The number of aryl methyl sites for hydroxylation is 1. The zero-order valence-corrected chi connectivity index (χ0v) is 8.86. The molecule has 0 N–H and O–H groups in total. The van der Waals surface area contributed by atoms with Gasteiger partial charge in [0.2, 0.25) is 0 Å². The molecule has 15 heavy (non-hydrogen) atoms. The molecule has 0 heterocycles. The molecule has 0 saturated carbocycles. The summed E-state index contributed by atoms with van der Waals surface area (Å²) in [7, 11) is 0. The summed E-state index contributed by atoms with van der Waals surface area (Å²) in [5.74, 6) is -0.447. The molecule has 1 radical (unpaired) electrons. The van der Waals surface area contributed by atoms with Gasteiger partial charge in [-0.1, -0.05) is 31.5 Å². The molecule has 0 aliphatic rings. The van der Waals surface area contributed by atoms with E-state index in [0.717, 1.165) is 18.4 Å². The molecule has 0 spiro atoms. The van der Waals surface area contributed by atoms with Gasteiger partial charge in [-0.3, -0.25) is 4.89 Å². The Kier molecular flexibility index (Phi) is 4.84. The number of rotatable bonds is 5. The summed E-state index contributed by atoms with van der Waals surface area (Å²) in [6, 6.07) is 7.23. The molecule has 3 heteroatoms. The van der Waals surface area contributed by atoms with Crippen molar-refractivity contribution in [3.8, 4) is 0 Å². The Labute approximate surface area is 89.9 Å².